The Hall–Kier alpha value is -3.58. The Labute approximate surface area is 225 Å². The molecule has 0 saturated heterocycles. The van der Waals surface area contributed by atoms with E-state index < -0.39 is 0 Å². The first-order chi connectivity index (χ1) is 17.9. The minimum absolute atomic E-state index is 0.284. The largest absolute Gasteiger partial charge is 0.297 e. The van der Waals surface area contributed by atoms with E-state index in [9.17, 15) is 9.59 Å². The van der Waals surface area contributed by atoms with Gasteiger partial charge in [0.2, 0.25) is 9.92 Å². The van der Waals surface area contributed by atoms with Crippen LogP contribution in [0.5, 0.6) is 0 Å². The van der Waals surface area contributed by atoms with Crippen molar-refractivity contribution in [1.29, 1.82) is 0 Å². The second-order valence-electron chi connectivity index (χ2n) is 8.07. The van der Waals surface area contributed by atoms with Gasteiger partial charge in [0.05, 0.1) is 6.42 Å². The summed E-state index contributed by atoms with van der Waals surface area (Å²) < 4.78 is 2.50. The monoisotopic (exact) mass is 568 g/mol. The molecule has 6 aromatic rings. The lowest BCUT2D eigenvalue weighted by Gasteiger charge is -2.00. The van der Waals surface area contributed by atoms with E-state index in [2.05, 4.69) is 30.6 Å². The maximum absolute atomic E-state index is 13.0. The number of nitrogens with zero attached hydrogens (tertiary/aromatic N) is 8. The molecule has 184 valence electrons. The summed E-state index contributed by atoms with van der Waals surface area (Å²) in [5.74, 6) is 0. The summed E-state index contributed by atoms with van der Waals surface area (Å²) in [5, 5.41) is 27.9. The Morgan fingerprint density at radius 1 is 0.595 bits per heavy atom. The van der Waals surface area contributed by atoms with Crippen LogP contribution >= 0.6 is 45.9 Å². The average Bonchev–Trinajstić information content (AvgIpc) is 3.50. The minimum Gasteiger partial charge on any atom is -0.265 e. The lowest BCUT2D eigenvalue weighted by Crippen LogP contribution is -2.22. The molecule has 4 aromatic heterocycles. The Morgan fingerprint density at radius 2 is 1.00 bits per heavy atom. The molecule has 0 atom stereocenters. The maximum Gasteiger partial charge on any atom is 0.297 e. The van der Waals surface area contributed by atoms with Gasteiger partial charge in [-0.2, -0.15) is 19.2 Å². The molecule has 0 N–H and O–H groups in total. The molecule has 0 amide bonds. The summed E-state index contributed by atoms with van der Waals surface area (Å²) in [4.78, 5) is 26.7. The quantitative estimate of drug-likeness (QED) is 0.299. The maximum atomic E-state index is 13.0. The number of hydrogen-bond donors (Lipinski definition) is 0. The number of halogens is 2. The summed E-state index contributed by atoms with van der Waals surface area (Å²) in [5.41, 5.74) is 1.69. The van der Waals surface area contributed by atoms with Gasteiger partial charge in [-0.1, -0.05) is 70.1 Å². The van der Waals surface area contributed by atoms with Crippen molar-refractivity contribution in [1.82, 2.24) is 39.6 Å². The van der Waals surface area contributed by atoms with E-state index in [1.54, 1.807) is 24.3 Å². The van der Waals surface area contributed by atoms with Crippen LogP contribution < -0.4 is 11.1 Å². The summed E-state index contributed by atoms with van der Waals surface area (Å²) in [6.07, 6.45) is 0.938. The van der Waals surface area contributed by atoms with Crippen LogP contribution in [0.3, 0.4) is 0 Å². The van der Waals surface area contributed by atoms with Crippen molar-refractivity contribution in [2.75, 3.05) is 0 Å². The third-order valence-corrected chi connectivity index (χ3v) is 7.77. The van der Waals surface area contributed by atoms with E-state index in [0.29, 0.717) is 49.2 Å². The van der Waals surface area contributed by atoms with Gasteiger partial charge in [-0.25, -0.2) is 0 Å². The zero-order valence-electron chi connectivity index (χ0n) is 18.7. The summed E-state index contributed by atoms with van der Waals surface area (Å²) in [7, 11) is 0. The molecule has 0 unspecified atom stereocenters. The number of aromatic nitrogens is 8. The second kappa shape index (κ2) is 9.71. The number of fused-ring (bicyclic) bond motifs is 2. The summed E-state index contributed by atoms with van der Waals surface area (Å²) in [6.45, 7) is 0. The molecule has 6 rings (SSSR count). The van der Waals surface area contributed by atoms with Crippen LogP contribution in [-0.4, -0.2) is 39.6 Å². The summed E-state index contributed by atoms with van der Waals surface area (Å²) in [6, 6.07) is 14.4. The van der Waals surface area contributed by atoms with E-state index in [-0.39, 0.29) is 22.5 Å². The van der Waals surface area contributed by atoms with Gasteiger partial charge in [0.15, 0.2) is 0 Å². The van der Waals surface area contributed by atoms with Gasteiger partial charge >= 0.3 is 0 Å². The van der Waals surface area contributed by atoms with Gasteiger partial charge in [0.25, 0.3) is 11.1 Å². The van der Waals surface area contributed by atoms with E-state index in [1.807, 2.05) is 24.3 Å². The van der Waals surface area contributed by atoms with Crippen molar-refractivity contribution in [3.63, 3.8) is 0 Å². The number of benzene rings is 2. The molecule has 0 saturated carbocycles. The molecule has 0 aliphatic rings. The zero-order chi connectivity index (χ0) is 25.5. The first kappa shape index (κ1) is 23.8. The highest BCUT2D eigenvalue weighted by atomic mass is 35.5. The van der Waals surface area contributed by atoms with Crippen LogP contribution in [0.4, 0.5) is 0 Å². The molecule has 0 aliphatic carbocycles. The predicted molar refractivity (Wildman–Crippen MR) is 141 cm³/mol. The van der Waals surface area contributed by atoms with Gasteiger partial charge in [-0.3, -0.25) is 9.59 Å². The SMILES string of the molecule is O=c1c(Cc2ccc(Cl)cc2)nnc2sc(Cc3nn4c(=O)c(Cc5ccc(Cl)cc5)nnc4s3)nn12. The fourth-order valence-corrected chi connectivity index (χ4v) is 5.67. The Morgan fingerprint density at radius 3 is 1.41 bits per heavy atom. The van der Waals surface area contributed by atoms with Crippen molar-refractivity contribution in [3.8, 4) is 0 Å². The van der Waals surface area contributed by atoms with Crippen LogP contribution in [0.2, 0.25) is 10.0 Å². The van der Waals surface area contributed by atoms with Crippen LogP contribution in [-0.2, 0) is 19.3 Å². The van der Waals surface area contributed by atoms with Crippen LogP contribution in [0, 0.1) is 0 Å². The third kappa shape index (κ3) is 4.88. The lowest BCUT2D eigenvalue weighted by atomic mass is 10.1. The standard InChI is InChI=1S/C23H14Cl2N8O2S2/c24-14-5-1-12(2-6-14)9-16-20(34)32-22(28-26-16)36-18(30-32)11-19-31-33-21(35)17(27-29-23(33)37-19)10-13-3-7-15(25)8-4-13/h1-8H,9-11H2. The van der Waals surface area contributed by atoms with Crippen LogP contribution in [0.1, 0.15) is 32.5 Å². The first-order valence-electron chi connectivity index (χ1n) is 10.9. The second-order valence-corrected chi connectivity index (χ2v) is 11.0. The molecular weight excluding hydrogens is 555 g/mol. The lowest BCUT2D eigenvalue weighted by molar-refractivity contribution is 0.780. The zero-order valence-corrected chi connectivity index (χ0v) is 21.9. The predicted octanol–water partition coefficient (Wildman–Crippen LogP) is 3.48. The molecule has 14 heteroatoms. The van der Waals surface area contributed by atoms with E-state index in [0.717, 1.165) is 11.1 Å². The molecule has 0 spiro atoms. The van der Waals surface area contributed by atoms with Crippen molar-refractivity contribution < 1.29 is 0 Å². The fraction of sp³-hybridized carbons (Fsp3) is 0.130. The van der Waals surface area contributed by atoms with Crippen molar-refractivity contribution in [2.24, 2.45) is 0 Å². The molecular formula is C23H14Cl2N8O2S2. The topological polar surface area (TPSA) is 120 Å². The van der Waals surface area contributed by atoms with Crippen molar-refractivity contribution in [2.45, 2.75) is 19.3 Å². The molecule has 10 nitrogen and oxygen atoms in total. The number of hydrogen-bond acceptors (Lipinski definition) is 10. The average molecular weight is 569 g/mol. The minimum atomic E-state index is -0.333. The normalized spacial score (nSPS) is 11.5. The number of rotatable bonds is 6. The molecule has 0 fully saturated rings. The van der Waals surface area contributed by atoms with Gasteiger partial charge in [0, 0.05) is 22.9 Å². The molecule has 0 bridgehead atoms. The van der Waals surface area contributed by atoms with E-state index in [4.69, 9.17) is 23.2 Å². The van der Waals surface area contributed by atoms with Crippen molar-refractivity contribution in [3.05, 3.63) is 112 Å². The highest BCUT2D eigenvalue weighted by molar-refractivity contribution is 7.18. The van der Waals surface area contributed by atoms with Gasteiger partial charge in [-0.15, -0.1) is 20.4 Å². The summed E-state index contributed by atoms with van der Waals surface area (Å²) >= 11 is 14.3. The Balaban J connectivity index is 1.26. The smallest absolute Gasteiger partial charge is 0.265 e. The fourth-order valence-electron chi connectivity index (χ4n) is 3.66. The first-order valence-corrected chi connectivity index (χ1v) is 13.3. The Bertz CT molecular complexity index is 1740. The van der Waals surface area contributed by atoms with E-state index >= 15 is 0 Å². The van der Waals surface area contributed by atoms with Crippen LogP contribution in [0.25, 0.3) is 9.92 Å². The van der Waals surface area contributed by atoms with Crippen molar-refractivity contribution >= 4 is 55.8 Å². The molecule has 0 aliphatic heterocycles. The van der Waals surface area contributed by atoms with Gasteiger partial charge in [0.1, 0.15) is 21.4 Å². The highest BCUT2D eigenvalue weighted by Gasteiger charge is 2.17. The van der Waals surface area contributed by atoms with Crippen LogP contribution in [0.15, 0.2) is 58.1 Å². The Kier molecular flexibility index (Phi) is 6.24. The van der Waals surface area contributed by atoms with Gasteiger partial charge in [-0.05, 0) is 35.4 Å². The van der Waals surface area contributed by atoms with Gasteiger partial charge < -0.3 is 0 Å². The molecule has 0 radical (unpaired) electrons. The highest BCUT2D eigenvalue weighted by Crippen LogP contribution is 2.19. The molecule has 37 heavy (non-hydrogen) atoms. The van der Waals surface area contributed by atoms with E-state index in [1.165, 1.54) is 31.7 Å². The molecule has 2 aromatic carbocycles. The molecule has 4 heterocycles. The third-order valence-electron chi connectivity index (χ3n) is 5.47.